The molecule has 0 bridgehead atoms. The minimum Gasteiger partial charge on any atom is -0.469 e. The third-order valence-corrected chi connectivity index (χ3v) is 7.50. The fourth-order valence-electron chi connectivity index (χ4n) is 4.99. The zero-order valence-electron chi connectivity index (χ0n) is 26.6. The standard InChI is InChI=1S/C39H46O6/c1-3-4-5-6-7-14-26-34(44-38(41)32-22-10-8-11-23-32)27-17-15-20-31-21-16-18-28-35(31)36(29-19-30-37(40)43-2)45-39(42)33-24-12-9-13-25-33/h8-13,15-18,20-25,27-28,34,36H,3-7,14,19,26,29-30H2,1-2H3/b20-15+,27-17+. The largest absolute Gasteiger partial charge is 0.469 e. The van der Waals surface area contributed by atoms with Gasteiger partial charge in [-0.3, -0.25) is 4.79 Å². The summed E-state index contributed by atoms with van der Waals surface area (Å²) in [7, 11) is 1.36. The van der Waals surface area contributed by atoms with Gasteiger partial charge in [0.25, 0.3) is 0 Å². The van der Waals surface area contributed by atoms with E-state index < -0.39 is 12.1 Å². The van der Waals surface area contributed by atoms with Gasteiger partial charge in [-0.05, 0) is 67.2 Å². The lowest BCUT2D eigenvalue weighted by molar-refractivity contribution is -0.140. The van der Waals surface area contributed by atoms with Crippen LogP contribution in [0.15, 0.2) is 103 Å². The Hall–Kier alpha value is -4.45. The molecule has 6 heteroatoms. The van der Waals surface area contributed by atoms with E-state index in [4.69, 9.17) is 14.2 Å². The van der Waals surface area contributed by atoms with Crippen LogP contribution < -0.4 is 0 Å². The van der Waals surface area contributed by atoms with Crippen molar-refractivity contribution >= 4 is 24.0 Å². The smallest absolute Gasteiger partial charge is 0.338 e. The summed E-state index contributed by atoms with van der Waals surface area (Å²) < 4.78 is 16.7. The van der Waals surface area contributed by atoms with Crippen molar-refractivity contribution in [2.45, 2.75) is 83.3 Å². The fourth-order valence-corrected chi connectivity index (χ4v) is 4.99. The zero-order chi connectivity index (χ0) is 32.1. The minimum atomic E-state index is -0.556. The van der Waals surface area contributed by atoms with Gasteiger partial charge in [0, 0.05) is 6.42 Å². The normalized spacial score (nSPS) is 12.6. The van der Waals surface area contributed by atoms with Crippen LogP contribution in [0.4, 0.5) is 0 Å². The van der Waals surface area contributed by atoms with Crippen LogP contribution in [0, 0.1) is 0 Å². The van der Waals surface area contributed by atoms with Crippen LogP contribution in [0.25, 0.3) is 6.08 Å². The number of allylic oxidation sites excluding steroid dienone is 2. The summed E-state index contributed by atoms with van der Waals surface area (Å²) in [6.45, 7) is 2.21. The molecule has 2 unspecified atom stereocenters. The summed E-state index contributed by atoms with van der Waals surface area (Å²) in [5, 5.41) is 0. The molecule has 2 atom stereocenters. The number of methoxy groups -OCH3 is 1. The van der Waals surface area contributed by atoms with Gasteiger partial charge in [-0.25, -0.2) is 9.59 Å². The van der Waals surface area contributed by atoms with Gasteiger partial charge in [-0.2, -0.15) is 0 Å². The van der Waals surface area contributed by atoms with Crippen molar-refractivity contribution in [2.24, 2.45) is 0 Å². The number of rotatable bonds is 19. The van der Waals surface area contributed by atoms with Gasteiger partial charge in [0.05, 0.1) is 18.2 Å². The van der Waals surface area contributed by atoms with Crippen LogP contribution in [0.1, 0.15) is 109 Å². The van der Waals surface area contributed by atoms with Crippen LogP contribution in [-0.2, 0) is 19.0 Å². The Morgan fingerprint density at radius 3 is 1.93 bits per heavy atom. The second-order valence-corrected chi connectivity index (χ2v) is 11.0. The summed E-state index contributed by atoms with van der Waals surface area (Å²) >= 11 is 0. The maximum absolute atomic E-state index is 13.0. The lowest BCUT2D eigenvalue weighted by Gasteiger charge is -2.20. The molecule has 0 saturated heterocycles. The molecule has 0 spiro atoms. The Kier molecular flexibility index (Phi) is 16.0. The highest BCUT2D eigenvalue weighted by Gasteiger charge is 2.20. The molecule has 0 heterocycles. The number of carbonyl (C=O) groups excluding carboxylic acids is 3. The summed E-state index contributed by atoms with van der Waals surface area (Å²) in [6.07, 6.45) is 15.7. The van der Waals surface area contributed by atoms with Crippen molar-refractivity contribution in [1.82, 2.24) is 0 Å². The number of esters is 3. The molecule has 3 aromatic rings. The van der Waals surface area contributed by atoms with Crippen molar-refractivity contribution in [3.8, 4) is 0 Å². The zero-order valence-corrected chi connectivity index (χ0v) is 26.6. The maximum Gasteiger partial charge on any atom is 0.338 e. The average Bonchev–Trinajstić information content (AvgIpc) is 3.08. The first-order chi connectivity index (χ1) is 22.0. The van der Waals surface area contributed by atoms with Crippen molar-refractivity contribution < 1.29 is 28.6 Å². The van der Waals surface area contributed by atoms with Gasteiger partial charge in [0.15, 0.2) is 0 Å². The molecule has 0 saturated carbocycles. The number of unbranched alkanes of at least 4 members (excludes halogenated alkanes) is 5. The minimum absolute atomic E-state index is 0.234. The van der Waals surface area contributed by atoms with Crippen LogP contribution in [0.3, 0.4) is 0 Å². The topological polar surface area (TPSA) is 78.9 Å². The fraction of sp³-hybridized carbons (Fsp3) is 0.359. The first kappa shape index (κ1) is 35.0. The van der Waals surface area contributed by atoms with E-state index in [1.165, 1.54) is 32.8 Å². The second-order valence-electron chi connectivity index (χ2n) is 11.0. The van der Waals surface area contributed by atoms with Gasteiger partial charge >= 0.3 is 17.9 Å². The van der Waals surface area contributed by atoms with Crippen LogP contribution >= 0.6 is 0 Å². The molecule has 0 amide bonds. The Morgan fingerprint density at radius 2 is 1.27 bits per heavy atom. The number of benzene rings is 3. The van der Waals surface area contributed by atoms with Crippen LogP contribution in [0.2, 0.25) is 0 Å². The molecule has 0 radical (unpaired) electrons. The highest BCUT2D eigenvalue weighted by molar-refractivity contribution is 5.90. The monoisotopic (exact) mass is 610 g/mol. The van der Waals surface area contributed by atoms with E-state index in [1.807, 2.05) is 72.8 Å². The molecule has 238 valence electrons. The third kappa shape index (κ3) is 13.0. The lowest BCUT2D eigenvalue weighted by Crippen LogP contribution is -2.16. The summed E-state index contributed by atoms with van der Waals surface area (Å²) in [6, 6.07) is 25.7. The Balaban J connectivity index is 1.74. The highest BCUT2D eigenvalue weighted by atomic mass is 16.5. The van der Waals surface area contributed by atoms with E-state index >= 15 is 0 Å². The lowest BCUT2D eigenvalue weighted by atomic mass is 9.97. The summed E-state index contributed by atoms with van der Waals surface area (Å²) in [5.41, 5.74) is 2.73. The first-order valence-corrected chi connectivity index (χ1v) is 16.0. The van der Waals surface area contributed by atoms with Crippen molar-refractivity contribution in [3.05, 3.63) is 125 Å². The molecule has 3 aromatic carbocycles. The van der Waals surface area contributed by atoms with Crippen LogP contribution in [0.5, 0.6) is 0 Å². The van der Waals surface area contributed by atoms with E-state index in [2.05, 4.69) is 6.92 Å². The number of carbonyl (C=O) groups is 3. The number of hydrogen-bond donors (Lipinski definition) is 0. The third-order valence-electron chi connectivity index (χ3n) is 7.50. The molecular weight excluding hydrogens is 564 g/mol. The molecule has 45 heavy (non-hydrogen) atoms. The van der Waals surface area contributed by atoms with E-state index in [1.54, 1.807) is 36.4 Å². The molecule has 0 fully saturated rings. The second kappa shape index (κ2) is 20.5. The van der Waals surface area contributed by atoms with Crippen molar-refractivity contribution in [3.63, 3.8) is 0 Å². The van der Waals surface area contributed by atoms with E-state index in [0.717, 1.165) is 30.4 Å². The predicted octanol–water partition coefficient (Wildman–Crippen LogP) is 9.47. The Labute approximate surface area is 268 Å². The predicted molar refractivity (Wildman–Crippen MR) is 179 cm³/mol. The summed E-state index contributed by atoms with van der Waals surface area (Å²) in [4.78, 5) is 37.6. The van der Waals surface area contributed by atoms with Crippen molar-refractivity contribution in [2.75, 3.05) is 7.11 Å². The average molecular weight is 611 g/mol. The molecule has 0 aliphatic rings. The van der Waals surface area contributed by atoms with E-state index in [-0.39, 0.29) is 24.5 Å². The van der Waals surface area contributed by atoms with E-state index in [0.29, 0.717) is 24.0 Å². The molecule has 0 N–H and O–H groups in total. The molecular formula is C39H46O6. The van der Waals surface area contributed by atoms with Gasteiger partial charge in [0.2, 0.25) is 0 Å². The quantitative estimate of drug-likeness (QED) is 0.0582. The highest BCUT2D eigenvalue weighted by Crippen LogP contribution is 2.29. The van der Waals surface area contributed by atoms with Gasteiger partial charge in [-0.15, -0.1) is 0 Å². The number of hydrogen-bond acceptors (Lipinski definition) is 6. The molecule has 0 aliphatic heterocycles. The van der Waals surface area contributed by atoms with Gasteiger partial charge < -0.3 is 14.2 Å². The molecule has 6 nitrogen and oxygen atoms in total. The first-order valence-electron chi connectivity index (χ1n) is 16.0. The molecule has 3 rings (SSSR count). The van der Waals surface area contributed by atoms with E-state index in [9.17, 15) is 14.4 Å². The van der Waals surface area contributed by atoms with Crippen molar-refractivity contribution in [1.29, 1.82) is 0 Å². The van der Waals surface area contributed by atoms with Gasteiger partial charge in [-0.1, -0.05) is 118 Å². The molecule has 0 aromatic heterocycles. The molecule has 0 aliphatic carbocycles. The Morgan fingerprint density at radius 1 is 0.667 bits per heavy atom. The van der Waals surface area contributed by atoms with Gasteiger partial charge in [0.1, 0.15) is 12.2 Å². The number of ether oxygens (including phenoxy) is 3. The Bertz CT molecular complexity index is 1360. The SMILES string of the molecule is CCCCCCCCC(/C=C/C=C/c1ccccc1C(CCCC(=O)OC)OC(=O)c1ccccc1)OC(=O)c1ccccc1. The summed E-state index contributed by atoms with van der Waals surface area (Å²) in [5.74, 6) is -1.05. The maximum atomic E-state index is 13.0. The van der Waals surface area contributed by atoms with Crippen LogP contribution in [-0.4, -0.2) is 31.1 Å².